The van der Waals surface area contributed by atoms with Gasteiger partial charge in [-0.25, -0.2) is 4.39 Å². The zero-order valence-electron chi connectivity index (χ0n) is 8.88. The van der Waals surface area contributed by atoms with Crippen molar-refractivity contribution in [2.24, 2.45) is 0 Å². The Bertz CT molecular complexity index is 408. The van der Waals surface area contributed by atoms with Crippen molar-refractivity contribution in [2.75, 3.05) is 16.8 Å². The van der Waals surface area contributed by atoms with E-state index in [-0.39, 0.29) is 11.7 Å². The summed E-state index contributed by atoms with van der Waals surface area (Å²) < 4.78 is 13.5. The fraction of sp³-hybridized carbons (Fsp3) is 0.417. The Kier molecular flexibility index (Phi) is 3.59. The van der Waals surface area contributed by atoms with Gasteiger partial charge in [0.15, 0.2) is 0 Å². The van der Waals surface area contributed by atoms with Crippen LogP contribution in [0.4, 0.5) is 10.1 Å². The number of hydrogen-bond acceptors (Lipinski definition) is 1. The lowest BCUT2D eigenvalue weighted by Gasteiger charge is -2.29. The molecule has 1 amide bonds. The number of anilines is 1. The van der Waals surface area contributed by atoms with Crippen LogP contribution in [0.2, 0.25) is 0 Å². The summed E-state index contributed by atoms with van der Waals surface area (Å²) in [6.07, 6.45) is 1.81. The Hall–Kier alpha value is -0.900. The largest absolute Gasteiger partial charge is 0.312 e. The number of hydrogen-bond donors (Lipinski definition) is 0. The molecule has 1 aliphatic rings. The molecule has 1 heterocycles. The Labute approximate surface area is 103 Å². The van der Waals surface area contributed by atoms with Crippen LogP contribution in [0.5, 0.6) is 0 Å². The molecule has 0 aromatic heterocycles. The summed E-state index contributed by atoms with van der Waals surface area (Å²) in [6.45, 7) is 0.653. The molecule has 0 aliphatic carbocycles. The zero-order chi connectivity index (χ0) is 11.5. The normalized spacial score (nSPS) is 15.1. The molecule has 0 atom stereocenters. The number of carbonyl (C=O) groups is 1. The Morgan fingerprint density at radius 1 is 1.38 bits per heavy atom. The highest BCUT2D eigenvalue weighted by Gasteiger charge is 2.25. The Balaban J connectivity index is 2.32. The van der Waals surface area contributed by atoms with Gasteiger partial charge in [-0.3, -0.25) is 4.79 Å². The first-order valence-electron chi connectivity index (χ1n) is 5.37. The van der Waals surface area contributed by atoms with Crippen LogP contribution in [0.15, 0.2) is 18.2 Å². The number of halogens is 2. The van der Waals surface area contributed by atoms with Crippen LogP contribution in [0.1, 0.15) is 18.4 Å². The van der Waals surface area contributed by atoms with Gasteiger partial charge >= 0.3 is 0 Å². The van der Waals surface area contributed by atoms with Gasteiger partial charge in [0.05, 0.1) is 0 Å². The fourth-order valence-corrected chi connectivity index (χ4v) is 2.26. The zero-order valence-corrected chi connectivity index (χ0v) is 10.5. The minimum absolute atomic E-state index is 0.0963. The third-order valence-corrected chi connectivity index (χ3v) is 3.35. The van der Waals surface area contributed by atoms with Crippen molar-refractivity contribution in [3.05, 3.63) is 29.6 Å². The van der Waals surface area contributed by atoms with E-state index in [4.69, 9.17) is 0 Å². The smallest absolute Gasteiger partial charge is 0.227 e. The molecule has 2 rings (SSSR count). The van der Waals surface area contributed by atoms with E-state index in [1.807, 2.05) is 6.07 Å². The average molecular weight is 286 g/mol. The van der Waals surface area contributed by atoms with Crippen LogP contribution < -0.4 is 4.90 Å². The summed E-state index contributed by atoms with van der Waals surface area (Å²) in [5.41, 5.74) is 1.42. The first kappa shape index (κ1) is 11.6. The van der Waals surface area contributed by atoms with Crippen molar-refractivity contribution in [3.8, 4) is 0 Å². The van der Waals surface area contributed by atoms with Gasteiger partial charge in [0.1, 0.15) is 5.82 Å². The van der Waals surface area contributed by atoms with Crippen molar-refractivity contribution >= 4 is 27.5 Å². The van der Waals surface area contributed by atoms with Crippen LogP contribution in [0.25, 0.3) is 0 Å². The maximum atomic E-state index is 13.5. The molecule has 16 heavy (non-hydrogen) atoms. The van der Waals surface area contributed by atoms with Crippen molar-refractivity contribution in [2.45, 2.75) is 19.3 Å². The topological polar surface area (TPSA) is 20.3 Å². The maximum Gasteiger partial charge on any atom is 0.227 e. The number of carbonyl (C=O) groups excluding carboxylic acids is 1. The van der Waals surface area contributed by atoms with Gasteiger partial charge in [0, 0.05) is 29.5 Å². The van der Waals surface area contributed by atoms with Crippen molar-refractivity contribution in [1.82, 2.24) is 0 Å². The van der Waals surface area contributed by atoms with Gasteiger partial charge in [-0.05, 0) is 25.0 Å². The molecule has 0 N–H and O–H groups in total. The molecule has 1 aromatic carbocycles. The third kappa shape index (κ3) is 2.12. The van der Waals surface area contributed by atoms with Crippen LogP contribution in [0.3, 0.4) is 0 Å². The highest BCUT2D eigenvalue weighted by Crippen LogP contribution is 2.29. The number of rotatable bonds is 3. The molecule has 0 unspecified atom stereocenters. The second-order valence-corrected chi connectivity index (χ2v) is 4.62. The molecule has 0 saturated carbocycles. The van der Waals surface area contributed by atoms with Crippen molar-refractivity contribution < 1.29 is 9.18 Å². The van der Waals surface area contributed by atoms with Crippen LogP contribution in [-0.4, -0.2) is 17.8 Å². The number of amides is 1. The first-order valence-corrected chi connectivity index (χ1v) is 6.50. The SMILES string of the molecule is O=C1CCc2c(F)cccc2N1CCCBr. The van der Waals surface area contributed by atoms with E-state index >= 15 is 0 Å². The monoisotopic (exact) mass is 285 g/mol. The third-order valence-electron chi connectivity index (χ3n) is 2.79. The van der Waals surface area contributed by atoms with E-state index in [1.165, 1.54) is 6.07 Å². The minimum atomic E-state index is -0.200. The molecule has 1 aromatic rings. The number of nitrogens with zero attached hydrogens (tertiary/aromatic N) is 1. The predicted octanol–water partition coefficient (Wildman–Crippen LogP) is 2.89. The molecule has 0 bridgehead atoms. The second-order valence-electron chi connectivity index (χ2n) is 3.83. The molecule has 4 heteroatoms. The molecule has 2 nitrogen and oxygen atoms in total. The number of fused-ring (bicyclic) bond motifs is 1. The summed E-state index contributed by atoms with van der Waals surface area (Å²) in [4.78, 5) is 13.5. The highest BCUT2D eigenvalue weighted by molar-refractivity contribution is 9.09. The first-order chi connectivity index (χ1) is 7.74. The number of benzene rings is 1. The van der Waals surface area contributed by atoms with Crippen molar-refractivity contribution in [1.29, 1.82) is 0 Å². The van der Waals surface area contributed by atoms with E-state index in [0.29, 0.717) is 24.9 Å². The highest BCUT2D eigenvalue weighted by atomic mass is 79.9. The summed E-state index contributed by atoms with van der Waals surface area (Å²) in [6, 6.07) is 4.94. The van der Waals surface area contributed by atoms with Gasteiger partial charge in [0.25, 0.3) is 0 Å². The van der Waals surface area contributed by atoms with E-state index < -0.39 is 0 Å². The Morgan fingerprint density at radius 2 is 2.19 bits per heavy atom. The summed E-state index contributed by atoms with van der Waals surface area (Å²) in [5.74, 6) is -0.104. The molecule has 0 saturated heterocycles. The van der Waals surface area contributed by atoms with Gasteiger partial charge in [-0.2, -0.15) is 0 Å². The lowest BCUT2D eigenvalue weighted by atomic mass is 10.0. The molecule has 0 spiro atoms. The van der Waals surface area contributed by atoms with Gasteiger partial charge < -0.3 is 4.90 Å². The van der Waals surface area contributed by atoms with E-state index in [0.717, 1.165) is 17.4 Å². The van der Waals surface area contributed by atoms with E-state index in [1.54, 1.807) is 11.0 Å². The molecule has 0 fully saturated rings. The van der Waals surface area contributed by atoms with Gasteiger partial charge in [-0.15, -0.1) is 0 Å². The van der Waals surface area contributed by atoms with Gasteiger partial charge in [-0.1, -0.05) is 22.0 Å². The maximum absolute atomic E-state index is 13.5. The molecule has 1 aliphatic heterocycles. The summed E-state index contributed by atoms with van der Waals surface area (Å²) in [5, 5.41) is 0.849. The standard InChI is InChI=1S/C12H13BrFNO/c13-7-2-8-15-11-4-1-3-10(14)9(11)5-6-12(15)16/h1,3-4H,2,5-8H2. The van der Waals surface area contributed by atoms with Crippen LogP contribution in [-0.2, 0) is 11.2 Å². The minimum Gasteiger partial charge on any atom is -0.312 e. The lowest BCUT2D eigenvalue weighted by Crippen LogP contribution is -2.36. The summed E-state index contributed by atoms with van der Waals surface area (Å²) in [7, 11) is 0. The van der Waals surface area contributed by atoms with E-state index in [9.17, 15) is 9.18 Å². The summed E-state index contributed by atoms with van der Waals surface area (Å²) >= 11 is 3.34. The molecule has 0 radical (unpaired) electrons. The molecular weight excluding hydrogens is 273 g/mol. The van der Waals surface area contributed by atoms with Crippen LogP contribution >= 0.6 is 15.9 Å². The number of alkyl halides is 1. The Morgan fingerprint density at radius 3 is 2.94 bits per heavy atom. The second kappa shape index (κ2) is 4.95. The molecular formula is C12H13BrFNO. The fourth-order valence-electron chi connectivity index (χ4n) is 2.01. The van der Waals surface area contributed by atoms with Crippen LogP contribution in [0, 0.1) is 5.82 Å². The predicted molar refractivity (Wildman–Crippen MR) is 65.5 cm³/mol. The van der Waals surface area contributed by atoms with Crippen molar-refractivity contribution in [3.63, 3.8) is 0 Å². The van der Waals surface area contributed by atoms with E-state index in [2.05, 4.69) is 15.9 Å². The average Bonchev–Trinajstić information content (AvgIpc) is 2.28. The molecule has 86 valence electrons. The lowest BCUT2D eigenvalue weighted by molar-refractivity contribution is -0.118. The quantitative estimate of drug-likeness (QED) is 0.782. The van der Waals surface area contributed by atoms with Gasteiger partial charge in [0.2, 0.25) is 5.91 Å².